The Morgan fingerprint density at radius 2 is 1.16 bits per heavy atom. The zero-order chi connectivity index (χ0) is 25.9. The van der Waals surface area contributed by atoms with Crippen LogP contribution >= 0.6 is 0 Å². The van der Waals surface area contributed by atoms with Crippen molar-refractivity contribution in [2.24, 2.45) is 0 Å². The smallest absolute Gasteiger partial charge is 0.294 e. The molecule has 5 aromatic rings. The third-order valence-electron chi connectivity index (χ3n) is 5.75. The van der Waals surface area contributed by atoms with Crippen LogP contribution in [-0.4, -0.2) is 39.1 Å². The predicted molar refractivity (Wildman–Crippen MR) is 129 cm³/mol. The van der Waals surface area contributed by atoms with E-state index in [-0.39, 0.29) is 24.7 Å². The SMILES string of the molecule is Cc1cn(Cc2cn(Cc3ccc(F)cc3)nn2)c(=O)n(Cc2cn(Cc3ccc(F)cc3)nn2)c1=O. The molecule has 0 saturated carbocycles. The van der Waals surface area contributed by atoms with Crippen LogP contribution < -0.4 is 11.2 Å². The summed E-state index contributed by atoms with van der Waals surface area (Å²) in [4.78, 5) is 25.9. The number of rotatable bonds is 8. The van der Waals surface area contributed by atoms with Crippen LogP contribution in [0.4, 0.5) is 8.78 Å². The summed E-state index contributed by atoms with van der Waals surface area (Å²) in [5, 5.41) is 16.3. The Morgan fingerprint density at radius 1 is 0.676 bits per heavy atom. The first kappa shape index (κ1) is 24.0. The zero-order valence-corrected chi connectivity index (χ0v) is 19.8. The molecule has 0 aliphatic rings. The Bertz CT molecular complexity index is 1650. The van der Waals surface area contributed by atoms with Crippen molar-refractivity contribution in [3.63, 3.8) is 0 Å². The fourth-order valence-electron chi connectivity index (χ4n) is 3.92. The molecule has 0 aliphatic heterocycles. The molecular formula is C25H22F2N8O2. The van der Waals surface area contributed by atoms with Gasteiger partial charge < -0.3 is 0 Å². The number of benzene rings is 2. The van der Waals surface area contributed by atoms with Crippen LogP contribution in [0, 0.1) is 18.6 Å². The van der Waals surface area contributed by atoms with Gasteiger partial charge in [0.25, 0.3) is 5.56 Å². The summed E-state index contributed by atoms with van der Waals surface area (Å²) in [6.07, 6.45) is 4.83. The molecule has 37 heavy (non-hydrogen) atoms. The molecule has 0 bridgehead atoms. The van der Waals surface area contributed by atoms with Crippen molar-refractivity contribution >= 4 is 0 Å². The van der Waals surface area contributed by atoms with E-state index in [2.05, 4.69) is 20.6 Å². The summed E-state index contributed by atoms with van der Waals surface area (Å²) in [6, 6.07) is 12.1. The molecule has 0 atom stereocenters. The minimum absolute atomic E-state index is 0.0555. The molecule has 2 aromatic carbocycles. The van der Waals surface area contributed by atoms with E-state index in [1.54, 1.807) is 52.9 Å². The Balaban J connectivity index is 1.33. The highest BCUT2D eigenvalue weighted by Crippen LogP contribution is 2.07. The minimum atomic E-state index is -0.517. The second-order valence-corrected chi connectivity index (χ2v) is 8.68. The third-order valence-corrected chi connectivity index (χ3v) is 5.75. The molecule has 5 rings (SSSR count). The van der Waals surface area contributed by atoms with Gasteiger partial charge in [-0.05, 0) is 42.3 Å². The Hall–Kier alpha value is -4.74. The lowest BCUT2D eigenvalue weighted by molar-refractivity contribution is 0.593. The second kappa shape index (κ2) is 10.1. The molecule has 0 unspecified atom stereocenters. The lowest BCUT2D eigenvalue weighted by Gasteiger charge is -2.09. The zero-order valence-electron chi connectivity index (χ0n) is 19.8. The van der Waals surface area contributed by atoms with Crippen LogP contribution in [-0.2, 0) is 26.2 Å². The quantitative estimate of drug-likeness (QED) is 0.320. The predicted octanol–water partition coefficient (Wildman–Crippen LogP) is 1.97. The molecule has 0 radical (unpaired) electrons. The van der Waals surface area contributed by atoms with E-state index < -0.39 is 11.2 Å². The molecule has 0 amide bonds. The van der Waals surface area contributed by atoms with Crippen LogP contribution in [0.15, 0.2) is 76.7 Å². The Morgan fingerprint density at radius 3 is 1.68 bits per heavy atom. The highest BCUT2D eigenvalue weighted by molar-refractivity contribution is 5.17. The van der Waals surface area contributed by atoms with Gasteiger partial charge in [0, 0.05) is 11.8 Å². The number of hydrogen-bond donors (Lipinski definition) is 0. The second-order valence-electron chi connectivity index (χ2n) is 8.68. The topological polar surface area (TPSA) is 105 Å². The Kier molecular flexibility index (Phi) is 6.54. The molecule has 0 spiro atoms. The summed E-state index contributed by atoms with van der Waals surface area (Å²) in [6.45, 7) is 2.45. The van der Waals surface area contributed by atoms with Crippen LogP contribution in [0.25, 0.3) is 0 Å². The molecule has 3 heterocycles. The van der Waals surface area contributed by atoms with Crippen molar-refractivity contribution in [1.82, 2.24) is 39.1 Å². The molecule has 0 saturated heterocycles. The van der Waals surface area contributed by atoms with Gasteiger partial charge in [-0.2, -0.15) is 0 Å². The molecule has 0 aliphatic carbocycles. The van der Waals surface area contributed by atoms with Gasteiger partial charge >= 0.3 is 5.69 Å². The number of hydrogen-bond acceptors (Lipinski definition) is 6. The van der Waals surface area contributed by atoms with E-state index in [4.69, 9.17) is 0 Å². The molecular weight excluding hydrogens is 482 g/mol. The van der Waals surface area contributed by atoms with E-state index in [0.717, 1.165) is 15.7 Å². The average Bonchev–Trinajstić information content (AvgIpc) is 3.52. The van der Waals surface area contributed by atoms with Crippen molar-refractivity contribution < 1.29 is 8.78 Å². The molecule has 12 heteroatoms. The van der Waals surface area contributed by atoms with Crippen molar-refractivity contribution in [3.8, 4) is 0 Å². The standard InChI is InChI=1S/C25H22F2N8O2/c1-17-10-32(13-22-14-33(30-28-22)11-18-2-6-20(26)7-3-18)25(37)35(24(17)36)16-23-15-34(31-29-23)12-19-4-8-21(27)9-5-19/h2-10,14-15H,11-13,16H2,1H3. The van der Waals surface area contributed by atoms with Gasteiger partial charge in [0.05, 0.1) is 38.6 Å². The first-order valence-corrected chi connectivity index (χ1v) is 11.4. The summed E-state index contributed by atoms with van der Waals surface area (Å²) in [7, 11) is 0. The molecule has 10 nitrogen and oxygen atoms in total. The molecule has 0 N–H and O–H groups in total. The molecule has 3 aromatic heterocycles. The fraction of sp³-hybridized carbons (Fsp3) is 0.200. The van der Waals surface area contributed by atoms with Gasteiger partial charge in [-0.15, -0.1) is 10.2 Å². The first-order valence-electron chi connectivity index (χ1n) is 11.4. The van der Waals surface area contributed by atoms with E-state index in [1.807, 2.05) is 0 Å². The van der Waals surface area contributed by atoms with Crippen LogP contribution in [0.5, 0.6) is 0 Å². The summed E-state index contributed by atoms with van der Waals surface area (Å²) < 4.78 is 31.9. The van der Waals surface area contributed by atoms with Crippen molar-refractivity contribution in [3.05, 3.63) is 128 Å². The Labute approximate surface area is 209 Å². The maximum atomic E-state index is 13.2. The number of halogens is 2. The monoisotopic (exact) mass is 504 g/mol. The highest BCUT2D eigenvalue weighted by atomic mass is 19.1. The minimum Gasteiger partial charge on any atom is -0.294 e. The summed E-state index contributed by atoms with van der Waals surface area (Å²) in [5.74, 6) is -0.642. The lowest BCUT2D eigenvalue weighted by atomic mass is 10.2. The van der Waals surface area contributed by atoms with E-state index in [0.29, 0.717) is 30.0 Å². The van der Waals surface area contributed by atoms with Crippen LogP contribution in [0.1, 0.15) is 28.1 Å². The maximum Gasteiger partial charge on any atom is 0.331 e. The van der Waals surface area contributed by atoms with Crippen LogP contribution in [0.2, 0.25) is 0 Å². The van der Waals surface area contributed by atoms with Crippen molar-refractivity contribution in [2.45, 2.75) is 33.1 Å². The fourth-order valence-corrected chi connectivity index (χ4v) is 3.92. The summed E-state index contributed by atoms with van der Waals surface area (Å²) in [5.41, 5.74) is 2.10. The van der Waals surface area contributed by atoms with Crippen molar-refractivity contribution in [1.29, 1.82) is 0 Å². The number of aryl methyl sites for hydroxylation is 1. The molecule has 0 fully saturated rings. The van der Waals surface area contributed by atoms with Gasteiger partial charge in [-0.3, -0.25) is 13.9 Å². The van der Waals surface area contributed by atoms with Gasteiger partial charge in [-0.25, -0.2) is 22.9 Å². The van der Waals surface area contributed by atoms with Gasteiger partial charge in [0.15, 0.2) is 0 Å². The molecule has 188 valence electrons. The van der Waals surface area contributed by atoms with Crippen LogP contribution in [0.3, 0.4) is 0 Å². The third kappa shape index (κ3) is 5.58. The summed E-state index contributed by atoms with van der Waals surface area (Å²) >= 11 is 0. The van der Waals surface area contributed by atoms with E-state index in [9.17, 15) is 18.4 Å². The number of aromatic nitrogens is 8. The average molecular weight is 505 g/mol. The first-order chi connectivity index (χ1) is 17.8. The lowest BCUT2D eigenvalue weighted by Crippen LogP contribution is -2.41. The van der Waals surface area contributed by atoms with Gasteiger partial charge in [0.2, 0.25) is 0 Å². The number of nitrogens with zero attached hydrogens (tertiary/aromatic N) is 8. The maximum absolute atomic E-state index is 13.2. The normalized spacial score (nSPS) is 11.2. The van der Waals surface area contributed by atoms with E-state index >= 15 is 0 Å². The largest absolute Gasteiger partial charge is 0.331 e. The van der Waals surface area contributed by atoms with Crippen molar-refractivity contribution in [2.75, 3.05) is 0 Å². The van der Waals surface area contributed by atoms with E-state index in [1.165, 1.54) is 35.0 Å². The highest BCUT2D eigenvalue weighted by Gasteiger charge is 2.13. The van der Waals surface area contributed by atoms with Gasteiger partial charge in [0.1, 0.15) is 23.0 Å². The van der Waals surface area contributed by atoms with Gasteiger partial charge in [-0.1, -0.05) is 34.7 Å².